The number of aldehydes is 1. The van der Waals surface area contributed by atoms with Crippen molar-refractivity contribution in [1.29, 1.82) is 0 Å². The van der Waals surface area contributed by atoms with Gasteiger partial charge in [-0.25, -0.2) is 0 Å². The first-order chi connectivity index (χ1) is 6.90. The number of hydrogen-bond donors (Lipinski definition) is 1. The maximum atomic E-state index is 10.8. The number of nitrogens with one attached hydrogen (secondary N) is 1. The molecule has 2 aliphatic heterocycles. The van der Waals surface area contributed by atoms with Gasteiger partial charge in [-0.05, 0) is 12.8 Å². The molecule has 4 nitrogen and oxygen atoms in total. The Kier molecular flexibility index (Phi) is 3.50. The van der Waals surface area contributed by atoms with E-state index in [1.165, 1.54) is 6.42 Å². The summed E-state index contributed by atoms with van der Waals surface area (Å²) in [5.41, 5.74) is 0. The highest BCUT2D eigenvalue weighted by molar-refractivity contribution is 5.58. The van der Waals surface area contributed by atoms with E-state index in [1.54, 1.807) is 0 Å². The van der Waals surface area contributed by atoms with Gasteiger partial charge in [0.1, 0.15) is 6.29 Å². The number of carbonyl (C=O) groups is 1. The summed E-state index contributed by atoms with van der Waals surface area (Å²) < 4.78 is 5.57. The van der Waals surface area contributed by atoms with E-state index in [-0.39, 0.29) is 6.04 Å². The minimum atomic E-state index is 0.0490. The summed E-state index contributed by atoms with van der Waals surface area (Å²) in [4.78, 5) is 13.1. The van der Waals surface area contributed by atoms with E-state index < -0.39 is 0 Å². The minimum Gasteiger partial charge on any atom is -0.377 e. The highest BCUT2D eigenvalue weighted by Gasteiger charge is 2.26. The molecular formula is C10H18N2O2. The minimum absolute atomic E-state index is 0.0490. The topological polar surface area (TPSA) is 41.6 Å². The lowest BCUT2D eigenvalue weighted by Crippen LogP contribution is -2.53. The normalized spacial score (nSPS) is 34.6. The van der Waals surface area contributed by atoms with Crippen molar-refractivity contribution in [2.75, 3.05) is 32.8 Å². The van der Waals surface area contributed by atoms with Crippen LogP contribution in [-0.4, -0.2) is 56.1 Å². The smallest absolute Gasteiger partial charge is 0.138 e. The van der Waals surface area contributed by atoms with Gasteiger partial charge in [-0.2, -0.15) is 0 Å². The fourth-order valence-electron chi connectivity index (χ4n) is 2.18. The van der Waals surface area contributed by atoms with E-state index in [0.717, 1.165) is 45.5 Å². The zero-order valence-electron chi connectivity index (χ0n) is 8.45. The molecule has 0 amide bonds. The van der Waals surface area contributed by atoms with Crippen molar-refractivity contribution in [3.63, 3.8) is 0 Å². The van der Waals surface area contributed by atoms with Crippen LogP contribution in [-0.2, 0) is 9.53 Å². The average Bonchev–Trinajstić information content (AvgIpc) is 2.71. The van der Waals surface area contributed by atoms with Crippen molar-refractivity contribution < 1.29 is 9.53 Å². The van der Waals surface area contributed by atoms with Gasteiger partial charge in [-0.15, -0.1) is 0 Å². The van der Waals surface area contributed by atoms with E-state index >= 15 is 0 Å². The number of hydrogen-bond acceptors (Lipinski definition) is 4. The van der Waals surface area contributed by atoms with Crippen molar-refractivity contribution in [2.24, 2.45) is 0 Å². The fourth-order valence-corrected chi connectivity index (χ4v) is 2.18. The Morgan fingerprint density at radius 2 is 2.50 bits per heavy atom. The van der Waals surface area contributed by atoms with Crippen molar-refractivity contribution in [3.05, 3.63) is 0 Å². The lowest BCUT2D eigenvalue weighted by atomic mass is 10.1. The van der Waals surface area contributed by atoms with Crippen LogP contribution in [0.3, 0.4) is 0 Å². The third kappa shape index (κ3) is 2.32. The maximum absolute atomic E-state index is 10.8. The summed E-state index contributed by atoms with van der Waals surface area (Å²) in [6, 6.07) is 0.0490. The van der Waals surface area contributed by atoms with E-state index in [9.17, 15) is 4.79 Å². The Balaban J connectivity index is 1.83. The van der Waals surface area contributed by atoms with Crippen LogP contribution < -0.4 is 5.32 Å². The fraction of sp³-hybridized carbons (Fsp3) is 0.900. The molecule has 1 N–H and O–H groups in total. The monoisotopic (exact) mass is 198 g/mol. The third-order valence-electron chi connectivity index (χ3n) is 3.02. The first-order valence-corrected chi connectivity index (χ1v) is 5.42. The van der Waals surface area contributed by atoms with Crippen LogP contribution in [0.15, 0.2) is 0 Å². The molecule has 4 heteroatoms. The molecule has 2 unspecified atom stereocenters. The summed E-state index contributed by atoms with van der Waals surface area (Å²) in [7, 11) is 0. The van der Waals surface area contributed by atoms with Crippen molar-refractivity contribution in [2.45, 2.75) is 25.0 Å². The molecule has 2 saturated heterocycles. The standard InChI is InChI=1S/C10H18N2O2/c13-8-9-6-11-3-4-12(9)7-10-2-1-5-14-10/h8-11H,1-7H2. The molecule has 2 aliphatic rings. The van der Waals surface area contributed by atoms with Gasteiger partial charge in [-0.1, -0.05) is 0 Å². The third-order valence-corrected chi connectivity index (χ3v) is 3.02. The number of piperazine rings is 1. The molecule has 0 aliphatic carbocycles. The number of ether oxygens (including phenoxy) is 1. The number of carbonyl (C=O) groups excluding carboxylic acids is 1. The van der Waals surface area contributed by atoms with Crippen molar-refractivity contribution >= 4 is 6.29 Å². The van der Waals surface area contributed by atoms with Crippen LogP contribution in [0.2, 0.25) is 0 Å². The van der Waals surface area contributed by atoms with Gasteiger partial charge in [0.2, 0.25) is 0 Å². The van der Waals surface area contributed by atoms with Crippen molar-refractivity contribution in [1.82, 2.24) is 10.2 Å². The van der Waals surface area contributed by atoms with Gasteiger partial charge in [0.15, 0.2) is 0 Å². The Bertz CT molecular complexity index is 193. The van der Waals surface area contributed by atoms with Crippen LogP contribution in [0, 0.1) is 0 Å². The van der Waals surface area contributed by atoms with Crippen molar-refractivity contribution in [3.8, 4) is 0 Å². The summed E-state index contributed by atoms with van der Waals surface area (Å²) in [6.07, 6.45) is 3.72. The van der Waals surface area contributed by atoms with Gasteiger partial charge < -0.3 is 14.8 Å². The molecule has 0 radical (unpaired) electrons. The van der Waals surface area contributed by atoms with Crippen LogP contribution in [0.5, 0.6) is 0 Å². The van der Waals surface area contributed by atoms with Crippen LogP contribution in [0.1, 0.15) is 12.8 Å². The average molecular weight is 198 g/mol. The lowest BCUT2D eigenvalue weighted by molar-refractivity contribution is -0.113. The predicted molar refractivity (Wildman–Crippen MR) is 53.3 cm³/mol. The molecular weight excluding hydrogens is 180 g/mol. The summed E-state index contributed by atoms with van der Waals surface area (Å²) >= 11 is 0. The van der Waals surface area contributed by atoms with E-state index in [4.69, 9.17) is 4.74 Å². The molecule has 2 rings (SSSR count). The summed E-state index contributed by atoms with van der Waals surface area (Å²) in [5.74, 6) is 0. The molecule has 14 heavy (non-hydrogen) atoms. The maximum Gasteiger partial charge on any atom is 0.138 e. The molecule has 0 aromatic rings. The van der Waals surface area contributed by atoms with Crippen LogP contribution >= 0.6 is 0 Å². The molecule has 0 aromatic heterocycles. The van der Waals surface area contributed by atoms with E-state index in [0.29, 0.717) is 6.10 Å². The SMILES string of the molecule is O=CC1CNCCN1CC1CCCO1. The Labute approximate surface area is 84.6 Å². The molecule has 2 heterocycles. The predicted octanol–water partition coefficient (Wildman–Crippen LogP) is -0.362. The quantitative estimate of drug-likeness (QED) is 0.629. The molecule has 0 spiro atoms. The highest BCUT2D eigenvalue weighted by atomic mass is 16.5. The second-order valence-electron chi connectivity index (χ2n) is 4.04. The largest absolute Gasteiger partial charge is 0.377 e. The number of nitrogens with zero attached hydrogens (tertiary/aromatic N) is 1. The zero-order valence-corrected chi connectivity index (χ0v) is 8.45. The molecule has 2 fully saturated rings. The Hall–Kier alpha value is -0.450. The van der Waals surface area contributed by atoms with Gasteiger partial charge in [0.05, 0.1) is 12.1 Å². The molecule has 80 valence electrons. The van der Waals surface area contributed by atoms with Crippen LogP contribution in [0.4, 0.5) is 0 Å². The first kappa shape index (κ1) is 10.1. The molecule has 0 aromatic carbocycles. The first-order valence-electron chi connectivity index (χ1n) is 5.42. The zero-order chi connectivity index (χ0) is 9.80. The highest BCUT2D eigenvalue weighted by Crippen LogP contribution is 2.14. The van der Waals surface area contributed by atoms with E-state index in [2.05, 4.69) is 10.2 Å². The van der Waals surface area contributed by atoms with Gasteiger partial charge in [0, 0.05) is 32.8 Å². The molecule has 0 saturated carbocycles. The Morgan fingerprint density at radius 3 is 3.21 bits per heavy atom. The van der Waals surface area contributed by atoms with Gasteiger partial charge in [-0.3, -0.25) is 4.90 Å². The summed E-state index contributed by atoms with van der Waals surface area (Å²) in [6.45, 7) is 4.55. The van der Waals surface area contributed by atoms with E-state index in [1.807, 2.05) is 0 Å². The molecule has 2 atom stereocenters. The molecule has 0 bridgehead atoms. The second-order valence-corrected chi connectivity index (χ2v) is 4.04. The Morgan fingerprint density at radius 1 is 1.57 bits per heavy atom. The summed E-state index contributed by atoms with van der Waals surface area (Å²) in [5, 5.41) is 3.23. The van der Waals surface area contributed by atoms with Crippen LogP contribution in [0.25, 0.3) is 0 Å². The lowest BCUT2D eigenvalue weighted by Gasteiger charge is -2.34. The van der Waals surface area contributed by atoms with Gasteiger partial charge >= 0.3 is 0 Å². The second kappa shape index (κ2) is 4.87. The van der Waals surface area contributed by atoms with Gasteiger partial charge in [0.25, 0.3) is 0 Å². The number of rotatable bonds is 3.